The first kappa shape index (κ1) is 9.21. The lowest BCUT2D eigenvalue weighted by molar-refractivity contribution is 0.0933. The Hall–Kier alpha value is -0.350. The maximum absolute atomic E-state index is 11.8. The molecule has 68 valence electrons. The number of hydrogen-bond donors (Lipinski definition) is 0. The molecule has 0 atom stereocenters. The van der Waals surface area contributed by atoms with Crippen molar-refractivity contribution in [2.45, 2.75) is 3.23 Å². The second-order valence-corrected chi connectivity index (χ2v) is 6.59. The van der Waals surface area contributed by atoms with Crippen molar-refractivity contribution in [3.8, 4) is 5.75 Å². The zero-order chi connectivity index (χ0) is 9.47. The lowest BCUT2D eigenvalue weighted by Crippen LogP contribution is -2.36. The third-order valence-electron chi connectivity index (χ3n) is 1.87. The smallest absolute Gasteiger partial charge is 0.197 e. The van der Waals surface area contributed by atoms with Crippen molar-refractivity contribution in [3.05, 3.63) is 29.8 Å². The normalized spacial score (nSPS) is 19.1. The number of fused-ring (bicyclic) bond motifs is 1. The number of hydrogen-bond acceptors (Lipinski definition) is 2. The molecule has 1 heterocycles. The maximum Gasteiger partial charge on any atom is 0.197 e. The molecule has 0 saturated carbocycles. The highest BCUT2D eigenvalue weighted by atomic mass is 79.9. The number of Topliss-reactive ketones (excluding diaryl/α,β-unsaturated/α-hetero) is 1. The Balaban J connectivity index is 2.52. The van der Waals surface area contributed by atoms with Crippen LogP contribution in [0.3, 0.4) is 0 Å². The van der Waals surface area contributed by atoms with Crippen LogP contribution in [0.25, 0.3) is 0 Å². The molecule has 4 heteroatoms. The third-order valence-corrected chi connectivity index (χ3v) is 3.05. The lowest BCUT2D eigenvalue weighted by Gasteiger charge is -2.26. The van der Waals surface area contributed by atoms with Crippen LogP contribution in [0.4, 0.5) is 0 Å². The fourth-order valence-corrected chi connectivity index (χ4v) is 1.87. The van der Waals surface area contributed by atoms with Gasteiger partial charge in [0, 0.05) is 0 Å². The van der Waals surface area contributed by atoms with E-state index in [0.717, 1.165) is 0 Å². The van der Waals surface area contributed by atoms with Crippen molar-refractivity contribution in [1.82, 2.24) is 0 Å². The highest BCUT2D eigenvalue weighted by molar-refractivity contribution is 9.26. The van der Waals surface area contributed by atoms with E-state index in [0.29, 0.717) is 17.9 Å². The first-order valence-electron chi connectivity index (χ1n) is 3.76. The minimum atomic E-state index is -0.756. The van der Waals surface area contributed by atoms with Gasteiger partial charge >= 0.3 is 0 Å². The van der Waals surface area contributed by atoms with Crippen molar-refractivity contribution in [3.63, 3.8) is 0 Å². The fourth-order valence-electron chi connectivity index (χ4n) is 1.21. The number of alkyl halides is 2. The number of para-hydroxylation sites is 1. The molecule has 0 N–H and O–H groups in total. The zero-order valence-electron chi connectivity index (χ0n) is 6.59. The topological polar surface area (TPSA) is 26.3 Å². The van der Waals surface area contributed by atoms with Crippen LogP contribution in [0.5, 0.6) is 5.75 Å². The average molecular weight is 306 g/mol. The third kappa shape index (κ3) is 1.53. The van der Waals surface area contributed by atoms with Gasteiger partial charge in [0.2, 0.25) is 0 Å². The fraction of sp³-hybridized carbons (Fsp3) is 0.222. The van der Waals surface area contributed by atoms with Crippen molar-refractivity contribution >= 4 is 37.6 Å². The summed E-state index contributed by atoms with van der Waals surface area (Å²) in [4.78, 5) is 11.8. The molecule has 0 bridgehead atoms. The number of ether oxygens (including phenoxy) is 1. The first-order chi connectivity index (χ1) is 6.11. The summed E-state index contributed by atoms with van der Waals surface area (Å²) < 4.78 is 4.64. The van der Waals surface area contributed by atoms with Gasteiger partial charge in [-0.3, -0.25) is 4.79 Å². The molecule has 0 amide bonds. The van der Waals surface area contributed by atoms with Gasteiger partial charge in [-0.15, -0.1) is 0 Å². The molecule has 13 heavy (non-hydrogen) atoms. The molecule has 1 aliphatic rings. The number of carbonyl (C=O) groups is 1. The maximum atomic E-state index is 11.8. The summed E-state index contributed by atoms with van der Waals surface area (Å²) in [6.45, 7) is 0.308. The van der Waals surface area contributed by atoms with E-state index in [2.05, 4.69) is 31.9 Å². The largest absolute Gasteiger partial charge is 0.490 e. The highest BCUT2D eigenvalue weighted by Gasteiger charge is 2.39. The molecule has 0 fully saturated rings. The SMILES string of the molecule is O=C1c2ccccc2OCC1(Br)Br. The summed E-state index contributed by atoms with van der Waals surface area (Å²) in [7, 11) is 0. The molecule has 0 aliphatic carbocycles. The molecule has 1 aromatic rings. The summed E-state index contributed by atoms with van der Waals surface area (Å²) >= 11 is 6.54. The van der Waals surface area contributed by atoms with Crippen molar-refractivity contribution < 1.29 is 9.53 Å². The summed E-state index contributed by atoms with van der Waals surface area (Å²) in [5.74, 6) is 0.663. The van der Waals surface area contributed by atoms with Crippen LogP contribution in [-0.4, -0.2) is 15.6 Å². The van der Waals surface area contributed by atoms with Crippen LogP contribution in [0.2, 0.25) is 0 Å². The second-order valence-electron chi connectivity index (χ2n) is 2.82. The van der Waals surface area contributed by atoms with Crippen molar-refractivity contribution in [2.75, 3.05) is 6.61 Å². The Kier molecular flexibility index (Phi) is 2.20. The van der Waals surface area contributed by atoms with Gasteiger partial charge < -0.3 is 4.74 Å². The summed E-state index contributed by atoms with van der Waals surface area (Å²) in [6, 6.07) is 7.22. The molecule has 0 spiro atoms. The summed E-state index contributed by atoms with van der Waals surface area (Å²) in [6.07, 6.45) is 0. The molecule has 0 unspecified atom stereocenters. The van der Waals surface area contributed by atoms with E-state index in [1.165, 1.54) is 0 Å². The molecule has 2 rings (SSSR count). The van der Waals surface area contributed by atoms with Gasteiger partial charge in [-0.1, -0.05) is 44.0 Å². The number of halogens is 2. The minimum Gasteiger partial charge on any atom is -0.490 e. The van der Waals surface area contributed by atoms with Gasteiger partial charge in [-0.2, -0.15) is 0 Å². The van der Waals surface area contributed by atoms with E-state index in [-0.39, 0.29) is 5.78 Å². The Morgan fingerprint density at radius 2 is 2.00 bits per heavy atom. The lowest BCUT2D eigenvalue weighted by atomic mass is 10.1. The standard InChI is InChI=1S/C9H6Br2O2/c10-9(11)5-13-7-4-2-1-3-6(7)8(9)12/h1-4H,5H2. The van der Waals surface area contributed by atoms with E-state index in [1.807, 2.05) is 12.1 Å². The number of ketones is 1. The predicted molar refractivity (Wildman–Crippen MR) is 56.9 cm³/mol. The predicted octanol–water partition coefficient (Wildman–Crippen LogP) is 2.75. The van der Waals surface area contributed by atoms with E-state index < -0.39 is 3.23 Å². The molecule has 0 aromatic heterocycles. The van der Waals surface area contributed by atoms with Gasteiger partial charge in [0.1, 0.15) is 12.4 Å². The monoisotopic (exact) mass is 304 g/mol. The number of benzene rings is 1. The Labute approximate surface area is 92.5 Å². The van der Waals surface area contributed by atoms with Gasteiger partial charge in [0.05, 0.1) is 5.56 Å². The van der Waals surface area contributed by atoms with Crippen molar-refractivity contribution in [1.29, 1.82) is 0 Å². The average Bonchev–Trinajstić information content (AvgIpc) is 2.13. The second kappa shape index (κ2) is 3.10. The zero-order valence-corrected chi connectivity index (χ0v) is 9.76. The Morgan fingerprint density at radius 3 is 2.77 bits per heavy atom. The van der Waals surface area contributed by atoms with Gasteiger partial charge in [-0.05, 0) is 12.1 Å². The van der Waals surface area contributed by atoms with Crippen molar-refractivity contribution in [2.24, 2.45) is 0 Å². The molecule has 0 saturated heterocycles. The van der Waals surface area contributed by atoms with Crippen LogP contribution in [0, 0.1) is 0 Å². The van der Waals surface area contributed by atoms with Gasteiger partial charge in [-0.25, -0.2) is 0 Å². The molecular weight excluding hydrogens is 300 g/mol. The Morgan fingerprint density at radius 1 is 1.31 bits per heavy atom. The van der Waals surface area contributed by atoms with Crippen LogP contribution in [-0.2, 0) is 0 Å². The van der Waals surface area contributed by atoms with Gasteiger partial charge in [0.15, 0.2) is 9.02 Å². The van der Waals surface area contributed by atoms with Crippen LogP contribution in [0.1, 0.15) is 10.4 Å². The summed E-state index contributed by atoms with van der Waals surface area (Å²) in [5.41, 5.74) is 0.613. The number of rotatable bonds is 0. The van der Waals surface area contributed by atoms with Crippen LogP contribution >= 0.6 is 31.9 Å². The highest BCUT2D eigenvalue weighted by Crippen LogP contribution is 2.38. The number of carbonyl (C=O) groups excluding carboxylic acids is 1. The quantitative estimate of drug-likeness (QED) is 0.689. The molecule has 1 aromatic carbocycles. The van der Waals surface area contributed by atoms with E-state index in [4.69, 9.17) is 4.74 Å². The molecular formula is C9H6Br2O2. The minimum absolute atomic E-state index is 0.00866. The summed E-state index contributed by atoms with van der Waals surface area (Å²) in [5, 5.41) is 0. The molecule has 2 nitrogen and oxygen atoms in total. The van der Waals surface area contributed by atoms with E-state index >= 15 is 0 Å². The van der Waals surface area contributed by atoms with Crippen LogP contribution in [0.15, 0.2) is 24.3 Å². The Bertz CT molecular complexity index is 360. The van der Waals surface area contributed by atoms with E-state index in [9.17, 15) is 4.79 Å². The van der Waals surface area contributed by atoms with Gasteiger partial charge in [0.25, 0.3) is 0 Å². The first-order valence-corrected chi connectivity index (χ1v) is 5.34. The molecule has 0 radical (unpaired) electrons. The molecule has 1 aliphatic heterocycles. The van der Waals surface area contributed by atoms with E-state index in [1.54, 1.807) is 12.1 Å². The van der Waals surface area contributed by atoms with Crippen LogP contribution < -0.4 is 4.74 Å².